The van der Waals surface area contributed by atoms with Gasteiger partial charge in [0.25, 0.3) is 0 Å². The summed E-state index contributed by atoms with van der Waals surface area (Å²) >= 11 is 0. The van der Waals surface area contributed by atoms with Gasteiger partial charge in [0.2, 0.25) is 5.91 Å². The Morgan fingerprint density at radius 1 is 1.12 bits per heavy atom. The van der Waals surface area contributed by atoms with Crippen LogP contribution in [0, 0.1) is 0 Å². The standard InChI is InChI=1S/C13H24N2O2/c14-13(8-4-1-5-9-13)12(17)15-10-6-2-3-7-11(10)16/h10-11,16H,1-9,14H2,(H,15,17). The maximum Gasteiger partial charge on any atom is 0.240 e. The summed E-state index contributed by atoms with van der Waals surface area (Å²) in [4.78, 5) is 12.2. The molecule has 4 N–H and O–H groups in total. The maximum atomic E-state index is 12.2. The fourth-order valence-electron chi connectivity index (χ4n) is 3.00. The average Bonchev–Trinajstić information content (AvgIpc) is 2.33. The lowest BCUT2D eigenvalue weighted by Gasteiger charge is -2.35. The zero-order valence-corrected chi connectivity index (χ0v) is 10.5. The highest BCUT2D eigenvalue weighted by atomic mass is 16.3. The van der Waals surface area contributed by atoms with Crippen molar-refractivity contribution in [2.45, 2.75) is 75.5 Å². The molecule has 2 atom stereocenters. The fraction of sp³-hybridized carbons (Fsp3) is 0.923. The number of rotatable bonds is 2. The van der Waals surface area contributed by atoms with Gasteiger partial charge in [-0.2, -0.15) is 0 Å². The molecular weight excluding hydrogens is 216 g/mol. The van der Waals surface area contributed by atoms with Crippen LogP contribution in [-0.4, -0.2) is 28.7 Å². The van der Waals surface area contributed by atoms with Gasteiger partial charge in [-0.25, -0.2) is 0 Å². The lowest BCUT2D eigenvalue weighted by Crippen LogP contribution is -2.59. The Morgan fingerprint density at radius 3 is 2.41 bits per heavy atom. The molecule has 0 bridgehead atoms. The summed E-state index contributed by atoms with van der Waals surface area (Å²) in [6.07, 6.45) is 8.24. The Balaban J connectivity index is 1.90. The second-order valence-corrected chi connectivity index (χ2v) is 5.65. The van der Waals surface area contributed by atoms with Crippen molar-refractivity contribution in [3.8, 4) is 0 Å². The molecule has 0 saturated heterocycles. The van der Waals surface area contributed by atoms with Gasteiger partial charge in [0, 0.05) is 0 Å². The lowest BCUT2D eigenvalue weighted by molar-refractivity contribution is -0.129. The number of carbonyl (C=O) groups excluding carboxylic acids is 1. The molecule has 2 saturated carbocycles. The van der Waals surface area contributed by atoms with Crippen molar-refractivity contribution < 1.29 is 9.90 Å². The number of aliphatic hydroxyl groups is 1. The number of hydrogen-bond acceptors (Lipinski definition) is 3. The van der Waals surface area contributed by atoms with E-state index in [2.05, 4.69) is 5.32 Å². The normalized spacial score (nSPS) is 33.1. The lowest BCUT2D eigenvalue weighted by atomic mass is 9.81. The fourth-order valence-corrected chi connectivity index (χ4v) is 3.00. The minimum Gasteiger partial charge on any atom is -0.391 e. The van der Waals surface area contributed by atoms with Crippen molar-refractivity contribution in [3.05, 3.63) is 0 Å². The van der Waals surface area contributed by atoms with E-state index in [0.717, 1.165) is 51.4 Å². The smallest absolute Gasteiger partial charge is 0.240 e. The number of nitrogens with two attached hydrogens (primary N) is 1. The summed E-state index contributed by atoms with van der Waals surface area (Å²) in [6.45, 7) is 0. The molecule has 2 aliphatic carbocycles. The van der Waals surface area contributed by atoms with Crippen molar-refractivity contribution in [2.75, 3.05) is 0 Å². The minimum atomic E-state index is -0.685. The Kier molecular flexibility index (Phi) is 4.05. The van der Waals surface area contributed by atoms with Gasteiger partial charge in [-0.3, -0.25) is 4.79 Å². The van der Waals surface area contributed by atoms with E-state index in [1.54, 1.807) is 0 Å². The first-order valence-corrected chi connectivity index (χ1v) is 6.90. The third-order valence-corrected chi connectivity index (χ3v) is 4.24. The van der Waals surface area contributed by atoms with Gasteiger partial charge in [0.15, 0.2) is 0 Å². The van der Waals surface area contributed by atoms with E-state index in [0.29, 0.717) is 0 Å². The molecule has 0 aromatic rings. The molecule has 0 aliphatic heterocycles. The van der Waals surface area contributed by atoms with Crippen LogP contribution in [0.25, 0.3) is 0 Å². The molecular formula is C13H24N2O2. The predicted octanol–water partition coefficient (Wildman–Crippen LogP) is 1.07. The molecule has 1 amide bonds. The highest BCUT2D eigenvalue weighted by Crippen LogP contribution is 2.27. The predicted molar refractivity (Wildman–Crippen MR) is 66.4 cm³/mol. The van der Waals surface area contributed by atoms with Gasteiger partial charge in [0.1, 0.15) is 0 Å². The van der Waals surface area contributed by atoms with E-state index in [9.17, 15) is 9.90 Å². The Hall–Kier alpha value is -0.610. The Bertz CT molecular complexity index is 275. The SMILES string of the molecule is NC1(C(=O)NC2CCCCC2O)CCCCC1. The third-order valence-electron chi connectivity index (χ3n) is 4.24. The van der Waals surface area contributed by atoms with Gasteiger partial charge < -0.3 is 16.2 Å². The van der Waals surface area contributed by atoms with Crippen LogP contribution < -0.4 is 11.1 Å². The number of aliphatic hydroxyl groups excluding tert-OH is 1. The molecule has 4 nitrogen and oxygen atoms in total. The molecule has 2 unspecified atom stereocenters. The molecule has 98 valence electrons. The topological polar surface area (TPSA) is 75.4 Å². The van der Waals surface area contributed by atoms with Crippen molar-refractivity contribution in [1.82, 2.24) is 5.32 Å². The van der Waals surface area contributed by atoms with Gasteiger partial charge in [0.05, 0.1) is 17.7 Å². The van der Waals surface area contributed by atoms with Crippen LogP contribution >= 0.6 is 0 Å². The van der Waals surface area contributed by atoms with Crippen LogP contribution in [0.4, 0.5) is 0 Å². The van der Waals surface area contributed by atoms with Crippen LogP contribution in [0.1, 0.15) is 57.8 Å². The van der Waals surface area contributed by atoms with Crippen molar-refractivity contribution in [2.24, 2.45) is 5.73 Å². The highest BCUT2D eigenvalue weighted by molar-refractivity contribution is 5.86. The van der Waals surface area contributed by atoms with E-state index < -0.39 is 5.54 Å². The van der Waals surface area contributed by atoms with E-state index >= 15 is 0 Å². The van der Waals surface area contributed by atoms with Crippen molar-refractivity contribution in [1.29, 1.82) is 0 Å². The summed E-state index contributed by atoms with van der Waals surface area (Å²) < 4.78 is 0. The molecule has 0 heterocycles. The molecule has 0 aromatic carbocycles. The third kappa shape index (κ3) is 2.99. The number of nitrogens with one attached hydrogen (secondary N) is 1. The van der Waals surface area contributed by atoms with E-state index in [-0.39, 0.29) is 18.1 Å². The largest absolute Gasteiger partial charge is 0.391 e. The summed E-state index contributed by atoms with van der Waals surface area (Å²) in [5.41, 5.74) is 5.49. The summed E-state index contributed by atoms with van der Waals surface area (Å²) in [6, 6.07) is -0.0846. The number of carbonyl (C=O) groups is 1. The minimum absolute atomic E-state index is 0.0526. The second-order valence-electron chi connectivity index (χ2n) is 5.65. The molecule has 0 radical (unpaired) electrons. The Morgan fingerprint density at radius 2 is 1.76 bits per heavy atom. The van der Waals surface area contributed by atoms with Crippen molar-refractivity contribution >= 4 is 5.91 Å². The second kappa shape index (κ2) is 5.36. The quantitative estimate of drug-likeness (QED) is 0.676. The zero-order valence-electron chi connectivity index (χ0n) is 10.5. The van der Waals surface area contributed by atoms with Gasteiger partial charge in [-0.15, -0.1) is 0 Å². The van der Waals surface area contributed by atoms with Crippen LogP contribution in [0.3, 0.4) is 0 Å². The Labute approximate surface area is 103 Å². The first-order chi connectivity index (χ1) is 8.12. The van der Waals surface area contributed by atoms with Gasteiger partial charge in [-0.1, -0.05) is 32.1 Å². The molecule has 0 spiro atoms. The van der Waals surface area contributed by atoms with E-state index in [4.69, 9.17) is 5.73 Å². The van der Waals surface area contributed by atoms with E-state index in [1.165, 1.54) is 6.42 Å². The molecule has 2 aliphatic rings. The van der Waals surface area contributed by atoms with Crippen molar-refractivity contribution in [3.63, 3.8) is 0 Å². The first kappa shape index (κ1) is 12.8. The molecule has 2 fully saturated rings. The van der Waals surface area contributed by atoms with E-state index in [1.807, 2.05) is 0 Å². The zero-order chi connectivity index (χ0) is 12.3. The van der Waals surface area contributed by atoms with Crippen LogP contribution in [0.5, 0.6) is 0 Å². The average molecular weight is 240 g/mol. The van der Waals surface area contributed by atoms with Gasteiger partial charge >= 0.3 is 0 Å². The van der Waals surface area contributed by atoms with Crippen LogP contribution in [-0.2, 0) is 4.79 Å². The first-order valence-electron chi connectivity index (χ1n) is 6.90. The highest BCUT2D eigenvalue weighted by Gasteiger charge is 2.37. The maximum absolute atomic E-state index is 12.2. The molecule has 17 heavy (non-hydrogen) atoms. The number of hydrogen-bond donors (Lipinski definition) is 3. The molecule has 2 rings (SSSR count). The monoisotopic (exact) mass is 240 g/mol. The van der Waals surface area contributed by atoms with Crippen LogP contribution in [0.15, 0.2) is 0 Å². The van der Waals surface area contributed by atoms with Crippen LogP contribution in [0.2, 0.25) is 0 Å². The summed E-state index contributed by atoms with van der Waals surface area (Å²) in [5, 5.41) is 12.8. The number of amides is 1. The summed E-state index contributed by atoms with van der Waals surface area (Å²) in [7, 11) is 0. The molecule has 4 heteroatoms. The summed E-state index contributed by atoms with van der Waals surface area (Å²) in [5.74, 6) is -0.0526. The molecule has 0 aromatic heterocycles. The van der Waals surface area contributed by atoms with Gasteiger partial charge in [-0.05, 0) is 25.7 Å².